The molecule has 8 nitrogen and oxygen atoms in total. The van der Waals surface area contributed by atoms with E-state index in [-0.39, 0.29) is 11.8 Å². The number of hydrogen-bond acceptors (Lipinski definition) is 5. The standard InChI is InChI=1S/C26H27N5O3/c32-25(28-14-19-6-3-4-11-27-19)24-20-16-30(12-10-21(20)31(29-24)15-17-8-9-17)26(33)23-13-18-5-1-2-7-22(18)34-23/h1-7,11,17,23H,8-10,12-16H2,(H,28,32). The van der Waals surface area contributed by atoms with Crippen LogP contribution in [0.2, 0.25) is 0 Å². The molecule has 0 saturated heterocycles. The van der Waals surface area contributed by atoms with Crippen LogP contribution in [0.1, 0.15) is 45.8 Å². The van der Waals surface area contributed by atoms with Crippen LogP contribution < -0.4 is 10.1 Å². The Labute approximate surface area is 197 Å². The SMILES string of the molecule is O=C(NCc1ccccn1)c1nn(CC2CC2)c2c1CN(C(=O)C1Cc3ccccc3O1)CC2. The van der Waals surface area contributed by atoms with Gasteiger partial charge in [-0.2, -0.15) is 5.10 Å². The predicted molar refractivity (Wildman–Crippen MR) is 124 cm³/mol. The van der Waals surface area contributed by atoms with Crippen LogP contribution in [0.15, 0.2) is 48.7 Å². The van der Waals surface area contributed by atoms with Crippen LogP contribution in [-0.2, 0) is 37.3 Å². The molecule has 1 unspecified atom stereocenters. The average molecular weight is 458 g/mol. The lowest BCUT2D eigenvalue weighted by molar-refractivity contribution is -0.138. The van der Waals surface area contributed by atoms with E-state index in [0.29, 0.717) is 44.1 Å². The number of fused-ring (bicyclic) bond motifs is 2. The number of aromatic nitrogens is 3. The van der Waals surface area contributed by atoms with E-state index in [4.69, 9.17) is 9.84 Å². The quantitative estimate of drug-likeness (QED) is 0.614. The van der Waals surface area contributed by atoms with Crippen molar-refractivity contribution in [2.45, 2.75) is 51.4 Å². The Morgan fingerprint density at radius 3 is 2.76 bits per heavy atom. The third-order valence-electron chi connectivity index (χ3n) is 6.87. The summed E-state index contributed by atoms with van der Waals surface area (Å²) in [4.78, 5) is 32.6. The molecule has 4 heterocycles. The van der Waals surface area contributed by atoms with Gasteiger partial charge >= 0.3 is 0 Å². The zero-order chi connectivity index (χ0) is 23.1. The van der Waals surface area contributed by atoms with Crippen LogP contribution in [0.3, 0.4) is 0 Å². The number of rotatable bonds is 6. The van der Waals surface area contributed by atoms with Gasteiger partial charge in [0.2, 0.25) is 0 Å². The summed E-state index contributed by atoms with van der Waals surface area (Å²) in [6, 6.07) is 13.4. The van der Waals surface area contributed by atoms with Gasteiger partial charge in [-0.1, -0.05) is 24.3 Å². The summed E-state index contributed by atoms with van der Waals surface area (Å²) in [6.07, 6.45) is 4.88. The summed E-state index contributed by atoms with van der Waals surface area (Å²) in [5.74, 6) is 1.16. The Morgan fingerprint density at radius 2 is 1.97 bits per heavy atom. The van der Waals surface area contributed by atoms with Gasteiger partial charge in [-0.3, -0.25) is 19.3 Å². The highest BCUT2D eigenvalue weighted by Gasteiger charge is 2.37. The van der Waals surface area contributed by atoms with Gasteiger partial charge in [0.15, 0.2) is 11.8 Å². The maximum atomic E-state index is 13.3. The number of nitrogens with zero attached hydrogens (tertiary/aromatic N) is 4. The fraction of sp³-hybridized carbons (Fsp3) is 0.385. The summed E-state index contributed by atoms with van der Waals surface area (Å²) in [5, 5.41) is 7.68. The molecule has 6 rings (SSSR count). The second-order valence-corrected chi connectivity index (χ2v) is 9.33. The lowest BCUT2D eigenvalue weighted by Crippen LogP contribution is -2.44. The van der Waals surface area contributed by atoms with Crippen LogP contribution in [0, 0.1) is 5.92 Å². The maximum Gasteiger partial charge on any atom is 0.272 e. The molecule has 3 aromatic rings. The summed E-state index contributed by atoms with van der Waals surface area (Å²) >= 11 is 0. The van der Waals surface area contributed by atoms with Gasteiger partial charge in [0, 0.05) is 49.9 Å². The molecule has 8 heteroatoms. The zero-order valence-electron chi connectivity index (χ0n) is 18.9. The molecule has 0 spiro atoms. The minimum atomic E-state index is -0.512. The van der Waals surface area contributed by atoms with Crippen molar-refractivity contribution in [3.05, 3.63) is 76.9 Å². The molecule has 0 bridgehead atoms. The zero-order valence-corrected chi connectivity index (χ0v) is 18.9. The number of carbonyl (C=O) groups excluding carboxylic acids is 2. The van der Waals surface area contributed by atoms with Crippen LogP contribution in [0.4, 0.5) is 0 Å². The van der Waals surface area contributed by atoms with E-state index in [0.717, 1.165) is 34.8 Å². The van der Waals surface area contributed by atoms with Gasteiger partial charge in [0.05, 0.1) is 12.2 Å². The van der Waals surface area contributed by atoms with Gasteiger partial charge in [-0.05, 0) is 42.5 Å². The van der Waals surface area contributed by atoms with Crippen LogP contribution in [-0.4, -0.2) is 44.1 Å². The number of amides is 2. The number of benzene rings is 1. The number of ether oxygens (including phenoxy) is 1. The number of pyridine rings is 1. The topological polar surface area (TPSA) is 89.4 Å². The molecule has 0 radical (unpaired) electrons. The average Bonchev–Trinajstić information content (AvgIpc) is 3.47. The predicted octanol–water partition coefficient (Wildman–Crippen LogP) is 2.51. The summed E-state index contributed by atoms with van der Waals surface area (Å²) in [5.41, 5.74) is 4.20. The molecule has 1 aliphatic carbocycles. The minimum Gasteiger partial charge on any atom is -0.480 e. The monoisotopic (exact) mass is 457 g/mol. The van der Waals surface area contributed by atoms with Crippen molar-refractivity contribution in [2.24, 2.45) is 5.92 Å². The molecule has 174 valence electrons. The number of carbonyl (C=O) groups is 2. The van der Waals surface area contributed by atoms with Crippen molar-refractivity contribution in [3.63, 3.8) is 0 Å². The van der Waals surface area contributed by atoms with Crippen molar-refractivity contribution in [2.75, 3.05) is 6.54 Å². The lowest BCUT2D eigenvalue weighted by Gasteiger charge is -2.29. The largest absolute Gasteiger partial charge is 0.480 e. The van der Waals surface area contributed by atoms with E-state index in [1.165, 1.54) is 12.8 Å². The normalized spacial score (nSPS) is 18.7. The molecule has 1 aromatic carbocycles. The number of para-hydroxylation sites is 1. The van der Waals surface area contributed by atoms with Gasteiger partial charge in [0.1, 0.15) is 5.75 Å². The fourth-order valence-corrected chi connectivity index (χ4v) is 4.84. The Bertz CT molecular complexity index is 1210. The van der Waals surface area contributed by atoms with Crippen molar-refractivity contribution < 1.29 is 14.3 Å². The molecule has 34 heavy (non-hydrogen) atoms. The molecule has 2 amide bonds. The smallest absolute Gasteiger partial charge is 0.272 e. The molecule has 1 fully saturated rings. The van der Waals surface area contributed by atoms with Crippen LogP contribution >= 0.6 is 0 Å². The van der Waals surface area contributed by atoms with E-state index >= 15 is 0 Å². The maximum absolute atomic E-state index is 13.3. The second-order valence-electron chi connectivity index (χ2n) is 9.33. The lowest BCUT2D eigenvalue weighted by atomic mass is 10.0. The van der Waals surface area contributed by atoms with Crippen LogP contribution in [0.5, 0.6) is 5.75 Å². The Kier molecular flexibility index (Phi) is 5.28. The molecule has 1 atom stereocenters. The van der Waals surface area contributed by atoms with Crippen molar-refractivity contribution in [1.82, 2.24) is 25.0 Å². The fourth-order valence-electron chi connectivity index (χ4n) is 4.84. The molecule has 2 aliphatic heterocycles. The Hall–Kier alpha value is -3.68. The number of nitrogens with one attached hydrogen (secondary N) is 1. The highest BCUT2D eigenvalue weighted by Crippen LogP contribution is 2.34. The third kappa shape index (κ3) is 4.04. The van der Waals surface area contributed by atoms with E-state index in [2.05, 4.69) is 10.3 Å². The van der Waals surface area contributed by atoms with Crippen molar-refractivity contribution in [1.29, 1.82) is 0 Å². The summed E-state index contributed by atoms with van der Waals surface area (Å²) in [7, 11) is 0. The van der Waals surface area contributed by atoms with Gasteiger partial charge in [-0.25, -0.2) is 0 Å². The second kappa shape index (κ2) is 8.59. The first-order valence-electron chi connectivity index (χ1n) is 12.0. The Balaban J connectivity index is 1.21. The molecule has 3 aliphatic rings. The number of hydrogen-bond donors (Lipinski definition) is 1. The highest BCUT2D eigenvalue weighted by atomic mass is 16.5. The Morgan fingerprint density at radius 1 is 1.12 bits per heavy atom. The highest BCUT2D eigenvalue weighted by molar-refractivity contribution is 5.94. The van der Waals surface area contributed by atoms with Gasteiger partial charge in [-0.15, -0.1) is 0 Å². The first-order chi connectivity index (χ1) is 16.7. The summed E-state index contributed by atoms with van der Waals surface area (Å²) < 4.78 is 7.95. The van der Waals surface area contributed by atoms with Crippen molar-refractivity contribution >= 4 is 11.8 Å². The van der Waals surface area contributed by atoms with Crippen LogP contribution in [0.25, 0.3) is 0 Å². The summed E-state index contributed by atoms with van der Waals surface area (Å²) in [6.45, 7) is 2.15. The third-order valence-corrected chi connectivity index (χ3v) is 6.87. The molecule has 2 aromatic heterocycles. The van der Waals surface area contributed by atoms with E-state index in [1.807, 2.05) is 52.0 Å². The van der Waals surface area contributed by atoms with Crippen molar-refractivity contribution in [3.8, 4) is 5.75 Å². The van der Waals surface area contributed by atoms with Gasteiger partial charge < -0.3 is 15.0 Å². The van der Waals surface area contributed by atoms with E-state index in [9.17, 15) is 9.59 Å². The molecular formula is C26H27N5O3. The first kappa shape index (κ1) is 20.9. The molecule has 1 saturated carbocycles. The van der Waals surface area contributed by atoms with E-state index in [1.54, 1.807) is 6.20 Å². The molecule has 1 N–H and O–H groups in total. The molecular weight excluding hydrogens is 430 g/mol. The van der Waals surface area contributed by atoms with Gasteiger partial charge in [0.25, 0.3) is 11.8 Å². The first-order valence-corrected chi connectivity index (χ1v) is 12.0. The minimum absolute atomic E-state index is 0.0309. The van der Waals surface area contributed by atoms with E-state index < -0.39 is 6.10 Å².